The highest BCUT2D eigenvalue weighted by molar-refractivity contribution is 7.98. The minimum absolute atomic E-state index is 0.0395. The number of hydrogen-bond acceptors (Lipinski definition) is 5. The molecule has 0 radical (unpaired) electrons. The van der Waals surface area contributed by atoms with Gasteiger partial charge in [0.2, 0.25) is 5.91 Å². The topological polar surface area (TPSA) is 62.5 Å². The Morgan fingerprint density at radius 3 is 2.50 bits per heavy atom. The summed E-state index contributed by atoms with van der Waals surface area (Å²) < 4.78 is 1.94. The van der Waals surface area contributed by atoms with Crippen LogP contribution < -0.4 is 10.2 Å². The molecule has 7 heteroatoms. The number of thioether (sulfide) groups is 1. The SMILES string of the molecule is CSc1ccc(CNC(=O)C2CCN(c3cc(C)nc4cc(-c5ccccc5)nn34)CC2)cc1. The molecule has 0 saturated carbocycles. The van der Waals surface area contributed by atoms with Gasteiger partial charge in [-0.2, -0.15) is 9.61 Å². The fourth-order valence-corrected chi connectivity index (χ4v) is 4.91. The minimum Gasteiger partial charge on any atom is -0.356 e. The van der Waals surface area contributed by atoms with Crippen molar-refractivity contribution in [2.24, 2.45) is 5.92 Å². The van der Waals surface area contributed by atoms with Gasteiger partial charge in [-0.3, -0.25) is 4.79 Å². The number of rotatable bonds is 6. The molecule has 3 heterocycles. The van der Waals surface area contributed by atoms with Crippen LogP contribution in [0.1, 0.15) is 24.1 Å². The van der Waals surface area contributed by atoms with Crippen LogP contribution in [0.2, 0.25) is 0 Å². The predicted molar refractivity (Wildman–Crippen MR) is 138 cm³/mol. The zero-order valence-corrected chi connectivity index (χ0v) is 20.4. The van der Waals surface area contributed by atoms with Gasteiger partial charge in [0.25, 0.3) is 0 Å². The van der Waals surface area contributed by atoms with Crippen molar-refractivity contribution < 1.29 is 4.79 Å². The molecule has 1 aliphatic rings. The summed E-state index contributed by atoms with van der Waals surface area (Å²) >= 11 is 1.72. The van der Waals surface area contributed by atoms with E-state index in [0.717, 1.165) is 59.9 Å². The lowest BCUT2D eigenvalue weighted by molar-refractivity contribution is -0.125. The van der Waals surface area contributed by atoms with Crippen molar-refractivity contribution in [1.82, 2.24) is 19.9 Å². The Bertz CT molecular complexity index is 1280. The zero-order valence-electron chi connectivity index (χ0n) is 19.6. The summed E-state index contributed by atoms with van der Waals surface area (Å²) in [5.41, 5.74) is 4.94. The van der Waals surface area contributed by atoms with Crippen LogP contribution in [0.15, 0.2) is 71.6 Å². The number of benzene rings is 2. The molecule has 1 saturated heterocycles. The number of hydrogen-bond donors (Lipinski definition) is 1. The quantitative estimate of drug-likeness (QED) is 0.403. The Balaban J connectivity index is 1.25. The molecule has 0 unspecified atom stereocenters. The van der Waals surface area contributed by atoms with E-state index in [1.54, 1.807) is 11.8 Å². The number of aryl methyl sites for hydroxylation is 1. The van der Waals surface area contributed by atoms with Crippen LogP contribution in [0.5, 0.6) is 0 Å². The lowest BCUT2D eigenvalue weighted by atomic mass is 9.95. The van der Waals surface area contributed by atoms with E-state index in [-0.39, 0.29) is 11.8 Å². The molecule has 34 heavy (non-hydrogen) atoms. The Morgan fingerprint density at radius 1 is 1.06 bits per heavy atom. The summed E-state index contributed by atoms with van der Waals surface area (Å²) in [5.74, 6) is 1.23. The molecule has 1 amide bonds. The van der Waals surface area contributed by atoms with E-state index in [1.165, 1.54) is 4.90 Å². The number of piperidine rings is 1. The maximum absolute atomic E-state index is 12.8. The standard InChI is InChI=1S/C27H29N5OS/c1-19-16-26(32-25(29-19)17-24(30-32)21-6-4-3-5-7-21)31-14-12-22(13-15-31)27(33)28-18-20-8-10-23(34-2)11-9-20/h3-11,16-17,22H,12-15,18H2,1-2H3,(H,28,33). The first-order chi connectivity index (χ1) is 16.6. The largest absolute Gasteiger partial charge is 0.356 e. The molecule has 0 spiro atoms. The van der Waals surface area contributed by atoms with E-state index < -0.39 is 0 Å². The monoisotopic (exact) mass is 471 g/mol. The molecule has 0 atom stereocenters. The number of amides is 1. The predicted octanol–water partition coefficient (Wildman–Crippen LogP) is 4.96. The molecular weight excluding hydrogens is 442 g/mol. The lowest BCUT2D eigenvalue weighted by Gasteiger charge is -2.33. The van der Waals surface area contributed by atoms with Crippen LogP contribution in [-0.4, -0.2) is 39.9 Å². The molecule has 2 aromatic carbocycles. The summed E-state index contributed by atoms with van der Waals surface area (Å²) in [4.78, 5) is 21.1. The third-order valence-electron chi connectivity index (χ3n) is 6.42. The fraction of sp³-hybridized carbons (Fsp3) is 0.296. The van der Waals surface area contributed by atoms with Gasteiger partial charge in [0.05, 0.1) is 5.69 Å². The smallest absolute Gasteiger partial charge is 0.223 e. The molecule has 0 bridgehead atoms. The van der Waals surface area contributed by atoms with Gasteiger partial charge in [-0.15, -0.1) is 11.8 Å². The lowest BCUT2D eigenvalue weighted by Crippen LogP contribution is -2.41. The van der Waals surface area contributed by atoms with Crippen molar-refractivity contribution in [3.05, 3.63) is 78.0 Å². The zero-order chi connectivity index (χ0) is 23.5. The van der Waals surface area contributed by atoms with Gasteiger partial charge < -0.3 is 10.2 Å². The minimum atomic E-state index is 0.0395. The summed E-state index contributed by atoms with van der Waals surface area (Å²) in [5, 5.41) is 7.99. The van der Waals surface area contributed by atoms with Crippen LogP contribution in [0.3, 0.4) is 0 Å². The van der Waals surface area contributed by atoms with Gasteiger partial charge in [-0.05, 0) is 43.7 Å². The van der Waals surface area contributed by atoms with Crippen molar-refractivity contribution in [1.29, 1.82) is 0 Å². The number of anilines is 1. The molecule has 5 rings (SSSR count). The van der Waals surface area contributed by atoms with Gasteiger partial charge in [0, 0.05) is 53.8 Å². The van der Waals surface area contributed by atoms with Gasteiger partial charge in [0.15, 0.2) is 5.65 Å². The van der Waals surface area contributed by atoms with Crippen LogP contribution in [-0.2, 0) is 11.3 Å². The van der Waals surface area contributed by atoms with Crippen LogP contribution in [0.4, 0.5) is 5.82 Å². The summed E-state index contributed by atoms with van der Waals surface area (Å²) in [6.07, 6.45) is 3.72. The molecule has 2 aromatic heterocycles. The Hall–Kier alpha value is -3.32. The first-order valence-electron chi connectivity index (χ1n) is 11.7. The molecule has 4 aromatic rings. The van der Waals surface area contributed by atoms with Crippen molar-refractivity contribution >= 4 is 29.1 Å². The number of carbonyl (C=O) groups is 1. The number of nitrogens with one attached hydrogen (secondary N) is 1. The van der Waals surface area contributed by atoms with E-state index >= 15 is 0 Å². The fourth-order valence-electron chi connectivity index (χ4n) is 4.50. The molecular formula is C27H29N5OS. The third-order valence-corrected chi connectivity index (χ3v) is 7.17. The first-order valence-corrected chi connectivity index (χ1v) is 12.9. The Morgan fingerprint density at radius 2 is 1.79 bits per heavy atom. The first kappa shape index (κ1) is 22.5. The third kappa shape index (κ3) is 4.80. The number of fused-ring (bicyclic) bond motifs is 1. The van der Waals surface area contributed by atoms with Gasteiger partial charge >= 0.3 is 0 Å². The van der Waals surface area contributed by atoms with Crippen LogP contribution in [0, 0.1) is 12.8 Å². The highest BCUT2D eigenvalue weighted by Crippen LogP contribution is 2.27. The summed E-state index contributed by atoms with van der Waals surface area (Å²) in [6, 6.07) is 22.7. The maximum Gasteiger partial charge on any atom is 0.223 e. The summed E-state index contributed by atoms with van der Waals surface area (Å²) in [7, 11) is 0. The Labute approximate surface area is 204 Å². The Kier molecular flexibility index (Phi) is 6.54. The van der Waals surface area contributed by atoms with Crippen LogP contribution in [0.25, 0.3) is 16.9 Å². The van der Waals surface area contributed by atoms with E-state index in [9.17, 15) is 4.79 Å². The van der Waals surface area contributed by atoms with E-state index in [1.807, 2.05) is 35.7 Å². The summed E-state index contributed by atoms with van der Waals surface area (Å²) in [6.45, 7) is 4.23. The van der Waals surface area contributed by atoms with Crippen molar-refractivity contribution in [3.63, 3.8) is 0 Å². The van der Waals surface area contributed by atoms with Crippen molar-refractivity contribution in [2.75, 3.05) is 24.2 Å². The second-order valence-corrected chi connectivity index (χ2v) is 9.63. The highest BCUT2D eigenvalue weighted by atomic mass is 32.2. The molecule has 0 aliphatic carbocycles. The van der Waals surface area contributed by atoms with E-state index in [2.05, 4.69) is 58.9 Å². The second kappa shape index (κ2) is 9.89. The number of nitrogens with zero attached hydrogens (tertiary/aromatic N) is 4. The maximum atomic E-state index is 12.8. The van der Waals surface area contributed by atoms with Crippen LogP contribution >= 0.6 is 11.8 Å². The average Bonchev–Trinajstić information content (AvgIpc) is 3.32. The molecule has 6 nitrogen and oxygen atoms in total. The van der Waals surface area contributed by atoms with Gasteiger partial charge in [-0.1, -0.05) is 42.5 Å². The number of carbonyl (C=O) groups excluding carboxylic acids is 1. The van der Waals surface area contributed by atoms with Crippen molar-refractivity contribution in [3.8, 4) is 11.3 Å². The normalized spacial score (nSPS) is 14.5. The molecule has 1 fully saturated rings. The average molecular weight is 472 g/mol. The van der Waals surface area contributed by atoms with E-state index in [4.69, 9.17) is 10.1 Å². The molecule has 1 aliphatic heterocycles. The van der Waals surface area contributed by atoms with Gasteiger partial charge in [-0.25, -0.2) is 4.98 Å². The van der Waals surface area contributed by atoms with Gasteiger partial charge in [0.1, 0.15) is 5.82 Å². The second-order valence-electron chi connectivity index (χ2n) is 8.75. The molecule has 1 N–H and O–H groups in total. The van der Waals surface area contributed by atoms with Crippen molar-refractivity contribution in [2.45, 2.75) is 31.2 Å². The number of aromatic nitrogens is 3. The highest BCUT2D eigenvalue weighted by Gasteiger charge is 2.26. The molecule has 174 valence electrons. The van der Waals surface area contributed by atoms with E-state index in [0.29, 0.717) is 6.54 Å².